The van der Waals surface area contributed by atoms with Gasteiger partial charge in [-0.3, -0.25) is 9.59 Å². The Morgan fingerprint density at radius 3 is 2.32 bits per heavy atom. The molecule has 1 atom stereocenters. The number of aryl methyl sites for hydroxylation is 1. The molecule has 4 rings (SSSR count). The number of nitrogens with one attached hydrogen (secondary N) is 1. The molecular weight excluding hydrogens is 492 g/mol. The van der Waals surface area contributed by atoms with Crippen molar-refractivity contribution in [1.29, 1.82) is 0 Å². The van der Waals surface area contributed by atoms with E-state index in [1.54, 1.807) is 23.8 Å². The number of carbonyl (C=O) groups excluding carboxylic acids is 2. The zero-order valence-electron chi connectivity index (χ0n) is 22.4. The summed E-state index contributed by atoms with van der Waals surface area (Å²) in [4.78, 5) is 29.4. The third-order valence-electron chi connectivity index (χ3n) is 7.23. The molecule has 0 aromatic heterocycles. The minimum absolute atomic E-state index is 0.0192. The van der Waals surface area contributed by atoms with Crippen LogP contribution in [-0.2, 0) is 28.3 Å². The van der Waals surface area contributed by atoms with Crippen LogP contribution in [0.1, 0.15) is 47.9 Å². The zero-order valence-corrected chi connectivity index (χ0v) is 23.2. The van der Waals surface area contributed by atoms with Crippen LogP contribution in [0.4, 0.5) is 0 Å². The molecule has 200 valence electrons. The van der Waals surface area contributed by atoms with E-state index in [9.17, 15) is 9.59 Å². The molecule has 2 amide bonds. The summed E-state index contributed by atoms with van der Waals surface area (Å²) in [7, 11) is 1.65. The van der Waals surface area contributed by atoms with Crippen molar-refractivity contribution in [2.24, 2.45) is 0 Å². The second kappa shape index (κ2) is 14.1. The van der Waals surface area contributed by atoms with E-state index in [2.05, 4.69) is 24.4 Å². The van der Waals surface area contributed by atoms with E-state index in [0.29, 0.717) is 24.5 Å². The zero-order chi connectivity index (χ0) is 26.7. The summed E-state index contributed by atoms with van der Waals surface area (Å²) in [5.41, 5.74) is 4.36. The van der Waals surface area contributed by atoms with E-state index < -0.39 is 6.04 Å². The summed E-state index contributed by atoms with van der Waals surface area (Å²) in [6, 6.07) is 25.7. The summed E-state index contributed by atoms with van der Waals surface area (Å²) < 4.78 is 5.25. The number of hydrogen-bond acceptors (Lipinski definition) is 4. The van der Waals surface area contributed by atoms with Crippen LogP contribution in [0.25, 0.3) is 0 Å². The monoisotopic (exact) mass is 530 g/mol. The number of benzene rings is 3. The van der Waals surface area contributed by atoms with Gasteiger partial charge in [0.15, 0.2) is 0 Å². The van der Waals surface area contributed by atoms with Crippen molar-refractivity contribution in [2.45, 2.75) is 63.4 Å². The molecular formula is C32H38N2O3S. The standard InChI is InChI=1S/C32H38N2O3S/c1-24-10-6-7-13-27(24)21-34(31(35)23-38-22-26-16-18-29(37-2)19-17-26)30(20-25-11-4-3-5-12-25)32(36)33-28-14-8-9-15-28/h3-7,10-13,16-19,28,30H,8-9,14-15,20-23H2,1-2H3,(H,33,36)/t30-/m1/s1. The van der Waals surface area contributed by atoms with Crippen molar-refractivity contribution in [3.8, 4) is 5.75 Å². The first-order chi connectivity index (χ1) is 18.5. The van der Waals surface area contributed by atoms with Gasteiger partial charge in [-0.05, 0) is 54.2 Å². The smallest absolute Gasteiger partial charge is 0.243 e. The molecule has 38 heavy (non-hydrogen) atoms. The highest BCUT2D eigenvalue weighted by Gasteiger charge is 2.32. The average Bonchev–Trinajstić information content (AvgIpc) is 3.45. The van der Waals surface area contributed by atoms with Crippen LogP contribution in [0, 0.1) is 6.92 Å². The molecule has 5 nitrogen and oxygen atoms in total. The molecule has 0 spiro atoms. The van der Waals surface area contributed by atoms with E-state index >= 15 is 0 Å². The van der Waals surface area contributed by atoms with E-state index in [-0.39, 0.29) is 17.9 Å². The number of nitrogens with zero attached hydrogens (tertiary/aromatic N) is 1. The Bertz CT molecular complexity index is 1180. The first kappa shape index (κ1) is 27.8. The van der Waals surface area contributed by atoms with Crippen molar-refractivity contribution >= 4 is 23.6 Å². The van der Waals surface area contributed by atoms with E-state index in [0.717, 1.165) is 53.7 Å². The van der Waals surface area contributed by atoms with Gasteiger partial charge in [-0.2, -0.15) is 0 Å². The second-order valence-corrected chi connectivity index (χ2v) is 11.0. The van der Waals surface area contributed by atoms with Crippen LogP contribution in [0.15, 0.2) is 78.9 Å². The van der Waals surface area contributed by atoms with Gasteiger partial charge in [0.2, 0.25) is 11.8 Å². The molecule has 1 aliphatic carbocycles. The molecule has 1 fully saturated rings. The van der Waals surface area contributed by atoms with Gasteiger partial charge in [0.1, 0.15) is 11.8 Å². The fourth-order valence-electron chi connectivity index (χ4n) is 4.95. The molecule has 0 heterocycles. The van der Waals surface area contributed by atoms with Crippen molar-refractivity contribution in [3.05, 3.63) is 101 Å². The van der Waals surface area contributed by atoms with Gasteiger partial charge >= 0.3 is 0 Å². The largest absolute Gasteiger partial charge is 0.497 e. The van der Waals surface area contributed by atoms with Crippen LogP contribution in [0.2, 0.25) is 0 Å². The van der Waals surface area contributed by atoms with Gasteiger partial charge in [0.25, 0.3) is 0 Å². The number of hydrogen-bond donors (Lipinski definition) is 1. The summed E-state index contributed by atoms with van der Waals surface area (Å²) >= 11 is 1.58. The maximum atomic E-state index is 13.8. The average molecular weight is 531 g/mol. The lowest BCUT2D eigenvalue weighted by Crippen LogP contribution is -2.52. The topological polar surface area (TPSA) is 58.6 Å². The fourth-order valence-corrected chi connectivity index (χ4v) is 5.82. The predicted octanol–water partition coefficient (Wildman–Crippen LogP) is 5.94. The lowest BCUT2D eigenvalue weighted by Gasteiger charge is -2.32. The fraction of sp³-hybridized carbons (Fsp3) is 0.375. The quantitative estimate of drug-likeness (QED) is 0.315. The maximum Gasteiger partial charge on any atom is 0.243 e. The molecule has 3 aromatic carbocycles. The molecule has 0 saturated heterocycles. The van der Waals surface area contributed by atoms with Crippen molar-refractivity contribution in [3.63, 3.8) is 0 Å². The SMILES string of the molecule is COc1ccc(CSCC(=O)N(Cc2ccccc2C)[C@H](Cc2ccccc2)C(=O)NC2CCCC2)cc1. The molecule has 6 heteroatoms. The van der Waals surface area contributed by atoms with Crippen LogP contribution in [0.3, 0.4) is 0 Å². The Kier molecular flexibility index (Phi) is 10.3. The highest BCUT2D eigenvalue weighted by Crippen LogP contribution is 2.22. The summed E-state index contributed by atoms with van der Waals surface area (Å²) in [5, 5.41) is 3.28. The minimum atomic E-state index is -0.577. The molecule has 0 bridgehead atoms. The van der Waals surface area contributed by atoms with Crippen molar-refractivity contribution < 1.29 is 14.3 Å². The summed E-state index contributed by atoms with van der Waals surface area (Å²) in [6.07, 6.45) is 4.78. The van der Waals surface area contributed by atoms with Crippen LogP contribution in [-0.4, -0.2) is 41.7 Å². The molecule has 3 aromatic rings. The maximum absolute atomic E-state index is 13.8. The number of ether oxygens (including phenoxy) is 1. The van der Waals surface area contributed by atoms with Gasteiger partial charge in [-0.1, -0.05) is 79.6 Å². The number of rotatable bonds is 12. The third kappa shape index (κ3) is 7.87. The summed E-state index contributed by atoms with van der Waals surface area (Å²) in [6.45, 7) is 2.46. The molecule has 1 aliphatic rings. The lowest BCUT2D eigenvalue weighted by atomic mass is 10.0. The van der Waals surface area contributed by atoms with Crippen molar-refractivity contribution in [2.75, 3.05) is 12.9 Å². The van der Waals surface area contributed by atoms with Crippen LogP contribution in [0.5, 0.6) is 5.75 Å². The minimum Gasteiger partial charge on any atom is -0.497 e. The Labute approximate surface area is 231 Å². The van der Waals surface area contributed by atoms with Crippen molar-refractivity contribution in [1.82, 2.24) is 10.2 Å². The lowest BCUT2D eigenvalue weighted by molar-refractivity contribution is -0.139. The van der Waals surface area contributed by atoms with E-state index in [4.69, 9.17) is 4.74 Å². The highest BCUT2D eigenvalue weighted by atomic mass is 32.2. The van der Waals surface area contributed by atoms with Gasteiger partial charge < -0.3 is 15.0 Å². The molecule has 0 aliphatic heterocycles. The van der Waals surface area contributed by atoms with E-state index in [1.807, 2.05) is 66.7 Å². The van der Waals surface area contributed by atoms with Crippen LogP contribution >= 0.6 is 11.8 Å². The molecule has 1 saturated carbocycles. The number of methoxy groups -OCH3 is 1. The summed E-state index contributed by atoms with van der Waals surface area (Å²) in [5.74, 6) is 1.76. The van der Waals surface area contributed by atoms with E-state index in [1.165, 1.54) is 0 Å². The Morgan fingerprint density at radius 1 is 0.947 bits per heavy atom. The molecule has 1 N–H and O–H groups in total. The first-order valence-corrected chi connectivity index (χ1v) is 14.6. The Balaban J connectivity index is 1.55. The normalized spacial score (nSPS) is 14.2. The van der Waals surface area contributed by atoms with Crippen LogP contribution < -0.4 is 10.1 Å². The van der Waals surface area contributed by atoms with Gasteiger partial charge in [0, 0.05) is 24.8 Å². The molecule has 0 unspecified atom stereocenters. The Hall–Kier alpha value is -3.25. The highest BCUT2D eigenvalue weighted by molar-refractivity contribution is 7.99. The van der Waals surface area contributed by atoms with Gasteiger partial charge in [-0.15, -0.1) is 11.8 Å². The third-order valence-corrected chi connectivity index (χ3v) is 8.22. The number of amides is 2. The number of carbonyl (C=O) groups is 2. The second-order valence-electron chi connectivity index (χ2n) is 9.98. The predicted molar refractivity (Wildman–Crippen MR) is 155 cm³/mol. The van der Waals surface area contributed by atoms with Gasteiger partial charge in [0.05, 0.1) is 12.9 Å². The molecule has 0 radical (unpaired) electrons. The number of thioether (sulfide) groups is 1. The first-order valence-electron chi connectivity index (χ1n) is 13.4. The van der Waals surface area contributed by atoms with Gasteiger partial charge in [-0.25, -0.2) is 0 Å². The Morgan fingerprint density at radius 2 is 1.63 bits per heavy atom.